The second-order valence-electron chi connectivity index (χ2n) is 5.85. The Hall–Kier alpha value is -0.840. The van der Waals surface area contributed by atoms with E-state index >= 15 is 0 Å². The number of rotatable bonds is 5. The van der Waals surface area contributed by atoms with Gasteiger partial charge in [-0.25, -0.2) is 26.9 Å². The lowest BCUT2D eigenvalue weighted by Crippen LogP contribution is -2.44. The number of benzene rings is 1. The van der Waals surface area contributed by atoms with Gasteiger partial charge in [0.05, 0.1) is 11.9 Å². The molecule has 3 rings (SSSR count). The smallest absolute Gasteiger partial charge is 0.209 e. The molecule has 2 heterocycles. The van der Waals surface area contributed by atoms with Crippen LogP contribution >= 0.6 is 36.2 Å². The average molecular weight is 446 g/mol. The van der Waals surface area contributed by atoms with E-state index in [4.69, 9.17) is 0 Å². The molecular formula is C15H19Cl2F2N3O2S2. The molecule has 2 N–H and O–H groups in total. The van der Waals surface area contributed by atoms with Crippen molar-refractivity contribution in [3.63, 3.8) is 0 Å². The summed E-state index contributed by atoms with van der Waals surface area (Å²) in [5.74, 6) is -1.28. The zero-order chi connectivity index (χ0) is 17.3. The molecule has 0 unspecified atom stereocenters. The molecule has 1 fully saturated rings. The lowest BCUT2D eigenvalue weighted by Gasteiger charge is -2.18. The molecule has 26 heavy (non-hydrogen) atoms. The summed E-state index contributed by atoms with van der Waals surface area (Å²) in [6.07, 6.45) is 2.40. The lowest BCUT2D eigenvalue weighted by atomic mass is 10.1. The van der Waals surface area contributed by atoms with Crippen LogP contribution in [0.5, 0.6) is 0 Å². The molecular weight excluding hydrogens is 427 g/mol. The quantitative estimate of drug-likeness (QED) is 0.741. The number of hydrogen-bond donors (Lipinski definition) is 2. The van der Waals surface area contributed by atoms with Gasteiger partial charge in [0.15, 0.2) is 0 Å². The third-order valence-electron chi connectivity index (χ3n) is 3.80. The van der Waals surface area contributed by atoms with Crippen LogP contribution in [0.15, 0.2) is 23.6 Å². The minimum absolute atomic E-state index is 0. The van der Waals surface area contributed by atoms with Crippen LogP contribution < -0.4 is 10.0 Å². The normalized spacial score (nSPS) is 19.7. The molecule has 1 aromatic heterocycles. The largest absolute Gasteiger partial charge is 0.312 e. The molecule has 1 aromatic carbocycles. The lowest BCUT2D eigenvalue weighted by molar-refractivity contribution is 0.491. The predicted octanol–water partition coefficient (Wildman–Crippen LogP) is 2.75. The Balaban J connectivity index is 0.00000169. The van der Waals surface area contributed by atoms with Crippen molar-refractivity contribution in [2.24, 2.45) is 0 Å². The van der Waals surface area contributed by atoms with Crippen LogP contribution in [0.1, 0.15) is 12.1 Å². The number of nitrogens with one attached hydrogen (secondary N) is 2. The summed E-state index contributed by atoms with van der Waals surface area (Å²) >= 11 is 1.31. The number of aromatic nitrogens is 1. The van der Waals surface area contributed by atoms with E-state index in [1.54, 1.807) is 0 Å². The molecule has 0 saturated carbocycles. The Kier molecular flexibility index (Phi) is 8.37. The highest BCUT2D eigenvalue weighted by Crippen LogP contribution is 2.26. The van der Waals surface area contributed by atoms with E-state index in [-0.39, 0.29) is 36.9 Å². The van der Waals surface area contributed by atoms with Crippen LogP contribution in [0.25, 0.3) is 10.6 Å². The maximum Gasteiger partial charge on any atom is 0.209 e. The van der Waals surface area contributed by atoms with Crippen molar-refractivity contribution >= 4 is 46.2 Å². The zero-order valence-corrected chi connectivity index (χ0v) is 17.0. The van der Waals surface area contributed by atoms with Crippen LogP contribution in [0.3, 0.4) is 0 Å². The standard InChI is InChI=1S/C15H17F2N3O2S2.2ClH/c1-24(21,22)20-13-2-3-18-14(13)7-12-8-23-15(19-12)9-4-10(16)6-11(17)5-9;;/h4-6,8,13-14,18,20H,2-3,7H2,1H3;2*1H/t13-,14-;;/m1../s1. The van der Waals surface area contributed by atoms with E-state index < -0.39 is 21.7 Å². The molecule has 2 atom stereocenters. The van der Waals surface area contributed by atoms with E-state index in [2.05, 4.69) is 15.0 Å². The van der Waals surface area contributed by atoms with Gasteiger partial charge < -0.3 is 5.32 Å². The van der Waals surface area contributed by atoms with Gasteiger partial charge in [0.2, 0.25) is 10.0 Å². The Morgan fingerprint density at radius 2 is 1.92 bits per heavy atom. The van der Waals surface area contributed by atoms with Crippen molar-refractivity contribution in [1.82, 2.24) is 15.0 Å². The van der Waals surface area contributed by atoms with Crippen LogP contribution in [-0.4, -0.2) is 38.3 Å². The Labute approximate surface area is 167 Å². The monoisotopic (exact) mass is 445 g/mol. The highest BCUT2D eigenvalue weighted by atomic mass is 35.5. The fraction of sp³-hybridized carbons (Fsp3) is 0.400. The maximum absolute atomic E-state index is 13.3. The third kappa shape index (κ3) is 6.11. The van der Waals surface area contributed by atoms with Crippen molar-refractivity contribution in [1.29, 1.82) is 0 Å². The fourth-order valence-corrected chi connectivity index (χ4v) is 4.49. The molecule has 5 nitrogen and oxygen atoms in total. The van der Waals surface area contributed by atoms with E-state index in [0.717, 1.165) is 24.6 Å². The van der Waals surface area contributed by atoms with Gasteiger partial charge in [-0.3, -0.25) is 0 Å². The van der Waals surface area contributed by atoms with Crippen LogP contribution in [0.4, 0.5) is 8.78 Å². The molecule has 0 spiro atoms. The average Bonchev–Trinajstić information content (AvgIpc) is 3.07. The first-order valence-corrected chi connectivity index (χ1v) is 10.2. The van der Waals surface area contributed by atoms with Gasteiger partial charge in [0.25, 0.3) is 0 Å². The molecule has 1 aliphatic heterocycles. The highest BCUT2D eigenvalue weighted by molar-refractivity contribution is 7.88. The van der Waals surface area contributed by atoms with Crippen LogP contribution in [0, 0.1) is 11.6 Å². The first-order chi connectivity index (χ1) is 11.3. The van der Waals surface area contributed by atoms with Gasteiger partial charge in [-0.15, -0.1) is 36.2 Å². The van der Waals surface area contributed by atoms with Gasteiger partial charge >= 0.3 is 0 Å². The molecule has 1 saturated heterocycles. The molecule has 1 aliphatic rings. The number of nitrogens with zero attached hydrogens (tertiary/aromatic N) is 1. The summed E-state index contributed by atoms with van der Waals surface area (Å²) in [6, 6.07) is 3.07. The first kappa shape index (κ1) is 23.2. The number of halogens is 4. The van der Waals surface area contributed by atoms with E-state index in [9.17, 15) is 17.2 Å². The van der Waals surface area contributed by atoms with Gasteiger partial charge in [0.1, 0.15) is 16.6 Å². The van der Waals surface area contributed by atoms with Crippen molar-refractivity contribution < 1.29 is 17.2 Å². The van der Waals surface area contributed by atoms with E-state index in [1.807, 2.05) is 5.38 Å². The zero-order valence-electron chi connectivity index (χ0n) is 13.7. The number of hydrogen-bond acceptors (Lipinski definition) is 5. The summed E-state index contributed by atoms with van der Waals surface area (Å²) in [4.78, 5) is 4.43. The van der Waals surface area contributed by atoms with E-state index in [0.29, 0.717) is 23.4 Å². The Morgan fingerprint density at radius 3 is 2.54 bits per heavy atom. The van der Waals surface area contributed by atoms with Gasteiger partial charge in [-0.1, -0.05) is 0 Å². The SMILES string of the molecule is CS(=O)(=O)N[C@@H]1CCN[C@@H]1Cc1csc(-c2cc(F)cc(F)c2)n1.Cl.Cl. The predicted molar refractivity (Wildman–Crippen MR) is 104 cm³/mol. The Bertz CT molecular complexity index is 829. The summed E-state index contributed by atoms with van der Waals surface area (Å²) in [6.45, 7) is 0.726. The number of thiazole rings is 1. The molecule has 0 aliphatic carbocycles. The topological polar surface area (TPSA) is 71.1 Å². The molecule has 0 radical (unpaired) electrons. The second kappa shape index (κ2) is 9.38. The molecule has 2 aromatic rings. The number of sulfonamides is 1. The van der Waals surface area contributed by atoms with Crippen molar-refractivity contribution in [3.8, 4) is 10.6 Å². The van der Waals surface area contributed by atoms with Crippen molar-refractivity contribution in [2.45, 2.75) is 24.9 Å². The maximum atomic E-state index is 13.3. The van der Waals surface area contributed by atoms with Gasteiger partial charge in [-0.2, -0.15) is 0 Å². The van der Waals surface area contributed by atoms with Crippen LogP contribution in [-0.2, 0) is 16.4 Å². The molecule has 11 heteroatoms. The summed E-state index contributed by atoms with van der Waals surface area (Å²) in [5, 5.41) is 5.63. The highest BCUT2D eigenvalue weighted by Gasteiger charge is 2.29. The van der Waals surface area contributed by atoms with Gasteiger partial charge in [-0.05, 0) is 25.1 Å². The minimum atomic E-state index is -3.27. The molecule has 0 bridgehead atoms. The Morgan fingerprint density at radius 1 is 1.27 bits per heavy atom. The fourth-order valence-electron chi connectivity index (χ4n) is 2.83. The van der Waals surface area contributed by atoms with E-state index in [1.165, 1.54) is 23.5 Å². The van der Waals surface area contributed by atoms with Crippen LogP contribution in [0.2, 0.25) is 0 Å². The van der Waals surface area contributed by atoms with Crippen molar-refractivity contribution in [3.05, 3.63) is 40.9 Å². The summed E-state index contributed by atoms with van der Waals surface area (Å²) in [5.41, 5.74) is 1.16. The first-order valence-electron chi connectivity index (χ1n) is 7.42. The molecule has 146 valence electrons. The summed E-state index contributed by atoms with van der Waals surface area (Å²) in [7, 11) is -3.27. The third-order valence-corrected chi connectivity index (χ3v) is 5.47. The minimum Gasteiger partial charge on any atom is -0.312 e. The van der Waals surface area contributed by atoms with Gasteiger partial charge in [0, 0.05) is 35.5 Å². The second-order valence-corrected chi connectivity index (χ2v) is 8.49. The summed E-state index contributed by atoms with van der Waals surface area (Å²) < 4.78 is 52.1. The molecule has 0 amide bonds. The van der Waals surface area contributed by atoms with Crippen molar-refractivity contribution in [2.75, 3.05) is 12.8 Å².